The third-order valence-electron chi connectivity index (χ3n) is 4.62. The van der Waals surface area contributed by atoms with E-state index in [1.807, 2.05) is 11.9 Å². The molecule has 5 nitrogen and oxygen atoms in total. The first-order chi connectivity index (χ1) is 10.1. The van der Waals surface area contributed by atoms with Gasteiger partial charge in [0, 0.05) is 26.1 Å². The van der Waals surface area contributed by atoms with Gasteiger partial charge in [-0.1, -0.05) is 0 Å². The van der Waals surface area contributed by atoms with Crippen LogP contribution in [0.2, 0.25) is 0 Å². The molecule has 1 atom stereocenters. The van der Waals surface area contributed by atoms with Crippen molar-refractivity contribution in [1.29, 1.82) is 0 Å². The van der Waals surface area contributed by atoms with Gasteiger partial charge in [-0.2, -0.15) is 17.6 Å². The van der Waals surface area contributed by atoms with Crippen molar-refractivity contribution in [3.63, 3.8) is 0 Å². The standard InChI is InChI=1S/C13H17F4N3O2/c1-18-4-9(5-18)20-3-8(2-10(20)21)11(22)19-6-12(14,15)13(16,17)7-19/h8-9H,2-7H2,1H3. The Morgan fingerprint density at radius 3 is 2.14 bits per heavy atom. The lowest BCUT2D eigenvalue weighted by atomic mass is 10.1. The van der Waals surface area contributed by atoms with Crippen LogP contribution in [0.1, 0.15) is 6.42 Å². The molecule has 0 aliphatic carbocycles. The van der Waals surface area contributed by atoms with Crippen molar-refractivity contribution in [3.8, 4) is 0 Å². The van der Waals surface area contributed by atoms with Crippen LogP contribution in [0.15, 0.2) is 0 Å². The zero-order chi connectivity index (χ0) is 16.3. The second-order valence-electron chi connectivity index (χ2n) is 6.43. The summed E-state index contributed by atoms with van der Waals surface area (Å²) >= 11 is 0. The average molecular weight is 323 g/mol. The van der Waals surface area contributed by atoms with Crippen LogP contribution in [0.5, 0.6) is 0 Å². The molecule has 0 aromatic heterocycles. The highest BCUT2D eigenvalue weighted by molar-refractivity contribution is 5.89. The summed E-state index contributed by atoms with van der Waals surface area (Å²) in [6.07, 6.45) is -0.0906. The fraction of sp³-hybridized carbons (Fsp3) is 0.846. The average Bonchev–Trinajstić information content (AvgIpc) is 2.83. The van der Waals surface area contributed by atoms with Crippen molar-refractivity contribution in [2.45, 2.75) is 24.3 Å². The highest BCUT2D eigenvalue weighted by Gasteiger charge is 2.64. The fourth-order valence-electron chi connectivity index (χ4n) is 3.29. The molecule has 3 rings (SSSR count). The molecule has 124 valence electrons. The van der Waals surface area contributed by atoms with Crippen LogP contribution >= 0.6 is 0 Å². The molecule has 0 aromatic rings. The van der Waals surface area contributed by atoms with Gasteiger partial charge in [0.25, 0.3) is 0 Å². The van der Waals surface area contributed by atoms with E-state index in [1.54, 1.807) is 4.90 Å². The van der Waals surface area contributed by atoms with Crippen molar-refractivity contribution in [2.75, 3.05) is 39.8 Å². The van der Waals surface area contributed by atoms with Gasteiger partial charge in [-0.05, 0) is 7.05 Å². The van der Waals surface area contributed by atoms with Crippen molar-refractivity contribution < 1.29 is 27.2 Å². The topological polar surface area (TPSA) is 43.9 Å². The third kappa shape index (κ3) is 2.35. The third-order valence-corrected chi connectivity index (χ3v) is 4.62. The summed E-state index contributed by atoms with van der Waals surface area (Å²) in [7, 11) is 1.90. The van der Waals surface area contributed by atoms with E-state index < -0.39 is 36.8 Å². The van der Waals surface area contributed by atoms with Crippen molar-refractivity contribution in [1.82, 2.24) is 14.7 Å². The van der Waals surface area contributed by atoms with Crippen LogP contribution in [0, 0.1) is 5.92 Å². The number of amides is 2. The smallest absolute Gasteiger partial charge is 0.329 e. The van der Waals surface area contributed by atoms with E-state index in [1.165, 1.54) is 0 Å². The highest BCUT2D eigenvalue weighted by Crippen LogP contribution is 2.41. The molecule has 9 heteroatoms. The maximum Gasteiger partial charge on any atom is 0.329 e. The molecule has 0 N–H and O–H groups in total. The van der Waals surface area contributed by atoms with Crippen LogP contribution in [0.4, 0.5) is 17.6 Å². The summed E-state index contributed by atoms with van der Waals surface area (Å²) < 4.78 is 52.7. The molecule has 0 saturated carbocycles. The molecule has 0 aromatic carbocycles. The van der Waals surface area contributed by atoms with Crippen LogP contribution < -0.4 is 0 Å². The van der Waals surface area contributed by atoms with E-state index in [0.717, 1.165) is 0 Å². The Labute approximate surface area is 124 Å². The molecule has 3 aliphatic rings. The minimum Gasteiger partial charge on any atom is -0.336 e. The number of hydrogen-bond acceptors (Lipinski definition) is 3. The van der Waals surface area contributed by atoms with Gasteiger partial charge in [-0.25, -0.2) is 0 Å². The molecular formula is C13H17F4N3O2. The molecule has 0 bridgehead atoms. The lowest BCUT2D eigenvalue weighted by Gasteiger charge is -2.42. The Bertz CT molecular complexity index is 492. The van der Waals surface area contributed by atoms with Gasteiger partial charge in [0.15, 0.2) is 0 Å². The number of hydrogen-bond donors (Lipinski definition) is 0. The number of likely N-dealkylation sites (tertiary alicyclic amines) is 3. The van der Waals surface area contributed by atoms with Gasteiger partial charge in [0.1, 0.15) is 0 Å². The van der Waals surface area contributed by atoms with Gasteiger partial charge in [0.05, 0.1) is 25.0 Å². The zero-order valence-electron chi connectivity index (χ0n) is 12.1. The largest absolute Gasteiger partial charge is 0.336 e. The van der Waals surface area contributed by atoms with E-state index >= 15 is 0 Å². The number of halogens is 4. The fourth-order valence-corrected chi connectivity index (χ4v) is 3.29. The Morgan fingerprint density at radius 1 is 1.09 bits per heavy atom. The second kappa shape index (κ2) is 4.81. The van der Waals surface area contributed by atoms with Gasteiger partial charge in [0.2, 0.25) is 11.8 Å². The van der Waals surface area contributed by atoms with E-state index in [2.05, 4.69) is 0 Å². The van der Waals surface area contributed by atoms with E-state index in [-0.39, 0.29) is 24.9 Å². The number of carbonyl (C=O) groups excluding carboxylic acids is 2. The minimum absolute atomic E-state index is 0.0248. The van der Waals surface area contributed by atoms with Gasteiger partial charge >= 0.3 is 11.8 Å². The second-order valence-corrected chi connectivity index (χ2v) is 6.43. The van der Waals surface area contributed by atoms with E-state index in [0.29, 0.717) is 18.0 Å². The van der Waals surface area contributed by atoms with Crippen LogP contribution in [0.3, 0.4) is 0 Å². The summed E-state index contributed by atoms with van der Waals surface area (Å²) in [6, 6.07) is 0.0248. The minimum atomic E-state index is -4.21. The van der Waals surface area contributed by atoms with Gasteiger partial charge in [-0.15, -0.1) is 0 Å². The summed E-state index contributed by atoms with van der Waals surface area (Å²) in [5.74, 6) is -10.2. The summed E-state index contributed by atoms with van der Waals surface area (Å²) in [6.45, 7) is -1.03. The molecule has 22 heavy (non-hydrogen) atoms. The maximum atomic E-state index is 13.2. The molecule has 3 saturated heterocycles. The Morgan fingerprint density at radius 2 is 1.64 bits per heavy atom. The molecule has 3 aliphatic heterocycles. The quantitative estimate of drug-likeness (QED) is 0.685. The van der Waals surface area contributed by atoms with Crippen molar-refractivity contribution in [2.24, 2.45) is 5.92 Å². The van der Waals surface area contributed by atoms with Crippen molar-refractivity contribution in [3.05, 3.63) is 0 Å². The molecular weight excluding hydrogens is 306 g/mol. The molecule has 1 unspecified atom stereocenters. The SMILES string of the molecule is CN1CC(N2CC(C(=O)N3CC(F)(F)C(F)(F)C3)CC2=O)C1. The molecule has 3 heterocycles. The Kier molecular flexibility index (Phi) is 3.39. The lowest BCUT2D eigenvalue weighted by Crippen LogP contribution is -2.58. The van der Waals surface area contributed by atoms with Crippen LogP contribution in [0.25, 0.3) is 0 Å². The molecule has 3 fully saturated rings. The first-order valence-corrected chi connectivity index (χ1v) is 7.13. The van der Waals surface area contributed by atoms with Crippen molar-refractivity contribution >= 4 is 11.8 Å². The number of rotatable bonds is 2. The summed E-state index contributed by atoms with van der Waals surface area (Å²) in [4.78, 5) is 28.2. The lowest BCUT2D eigenvalue weighted by molar-refractivity contribution is -0.172. The van der Waals surface area contributed by atoms with E-state index in [9.17, 15) is 27.2 Å². The maximum absolute atomic E-state index is 13.2. The van der Waals surface area contributed by atoms with Crippen LogP contribution in [-0.2, 0) is 9.59 Å². The Hall–Kier alpha value is -1.38. The number of alkyl halides is 4. The zero-order valence-corrected chi connectivity index (χ0v) is 12.1. The number of nitrogens with zero attached hydrogens (tertiary/aromatic N) is 3. The monoisotopic (exact) mass is 323 g/mol. The van der Waals surface area contributed by atoms with Gasteiger partial charge < -0.3 is 14.7 Å². The predicted octanol–water partition coefficient (Wildman–Crippen LogP) is 0.262. The van der Waals surface area contributed by atoms with E-state index in [4.69, 9.17) is 0 Å². The molecule has 0 radical (unpaired) electrons. The van der Waals surface area contributed by atoms with Gasteiger partial charge in [-0.3, -0.25) is 9.59 Å². The summed E-state index contributed by atoms with van der Waals surface area (Å²) in [5, 5.41) is 0. The van der Waals surface area contributed by atoms with Crippen LogP contribution in [-0.4, -0.2) is 84.2 Å². The number of likely N-dealkylation sites (N-methyl/N-ethyl adjacent to an activating group) is 1. The molecule has 0 spiro atoms. The highest BCUT2D eigenvalue weighted by atomic mass is 19.3. The normalized spacial score (nSPS) is 31.7. The predicted molar refractivity (Wildman–Crippen MR) is 67.6 cm³/mol. The number of carbonyl (C=O) groups is 2. The Balaban J connectivity index is 1.64. The summed E-state index contributed by atoms with van der Waals surface area (Å²) in [5.41, 5.74) is 0. The first-order valence-electron chi connectivity index (χ1n) is 7.13. The molecule has 2 amide bonds. The first kappa shape index (κ1) is 15.5.